The lowest BCUT2D eigenvalue weighted by Gasteiger charge is -2.23. The van der Waals surface area contributed by atoms with E-state index in [1.165, 1.54) is 0 Å². The van der Waals surface area contributed by atoms with Crippen LogP contribution < -0.4 is 0 Å². The summed E-state index contributed by atoms with van der Waals surface area (Å²) in [6, 6.07) is 10.2. The van der Waals surface area contributed by atoms with Gasteiger partial charge in [-0.15, -0.1) is 0 Å². The van der Waals surface area contributed by atoms with Crippen LogP contribution in [0.4, 0.5) is 0 Å². The van der Waals surface area contributed by atoms with E-state index >= 15 is 0 Å². The molecule has 2 aliphatic rings. The summed E-state index contributed by atoms with van der Waals surface area (Å²) in [5.41, 5.74) is 1.83. The molecule has 2 saturated heterocycles. The molecule has 22 heavy (non-hydrogen) atoms. The van der Waals surface area contributed by atoms with Crippen LogP contribution in [0.25, 0.3) is 0 Å². The number of hydrogen-bond donors (Lipinski definition) is 0. The standard InChI is InChI=1S/C17H21N3O2/c1-19(2)17(21)16-9-14-15(22-16)6-7-20(14)11-13-5-3-4-12(8-13)10-18/h3-5,8,14-16H,6-7,9,11H2,1-2H3/t14-,15-,16+/m1/s1. The first-order valence-electron chi connectivity index (χ1n) is 7.68. The normalized spacial score (nSPS) is 27.4. The van der Waals surface area contributed by atoms with Gasteiger partial charge < -0.3 is 9.64 Å². The van der Waals surface area contributed by atoms with E-state index in [1.54, 1.807) is 19.0 Å². The molecule has 0 radical (unpaired) electrons. The molecule has 0 spiro atoms. The lowest BCUT2D eigenvalue weighted by Crippen LogP contribution is -2.35. The molecule has 2 fully saturated rings. The van der Waals surface area contributed by atoms with Gasteiger partial charge in [0.2, 0.25) is 0 Å². The van der Waals surface area contributed by atoms with Gasteiger partial charge in [-0.2, -0.15) is 5.26 Å². The van der Waals surface area contributed by atoms with Gasteiger partial charge in [-0.3, -0.25) is 9.69 Å². The predicted octanol–water partition coefficient (Wildman–Crippen LogP) is 1.38. The van der Waals surface area contributed by atoms with Crippen LogP contribution >= 0.6 is 0 Å². The van der Waals surface area contributed by atoms with Crippen LogP contribution in [0.2, 0.25) is 0 Å². The van der Waals surface area contributed by atoms with E-state index in [-0.39, 0.29) is 18.1 Å². The molecular formula is C17H21N3O2. The van der Waals surface area contributed by atoms with Crippen molar-refractivity contribution >= 4 is 5.91 Å². The third-order valence-corrected chi connectivity index (χ3v) is 4.55. The summed E-state index contributed by atoms with van der Waals surface area (Å²) in [7, 11) is 3.54. The lowest BCUT2D eigenvalue weighted by molar-refractivity contribution is -0.140. The quantitative estimate of drug-likeness (QED) is 0.846. The van der Waals surface area contributed by atoms with E-state index in [0.29, 0.717) is 11.6 Å². The maximum absolute atomic E-state index is 12.1. The molecule has 2 heterocycles. The minimum absolute atomic E-state index is 0.0563. The average Bonchev–Trinajstić information content (AvgIpc) is 3.08. The molecule has 0 N–H and O–H groups in total. The smallest absolute Gasteiger partial charge is 0.251 e. The number of ether oxygens (including phenoxy) is 1. The lowest BCUT2D eigenvalue weighted by atomic mass is 10.1. The van der Waals surface area contributed by atoms with Crippen LogP contribution in [0, 0.1) is 11.3 Å². The van der Waals surface area contributed by atoms with Gasteiger partial charge in [-0.25, -0.2) is 0 Å². The first-order chi connectivity index (χ1) is 10.6. The van der Waals surface area contributed by atoms with Crippen molar-refractivity contribution in [3.8, 4) is 6.07 Å². The van der Waals surface area contributed by atoms with Crippen molar-refractivity contribution in [2.24, 2.45) is 0 Å². The average molecular weight is 299 g/mol. The van der Waals surface area contributed by atoms with E-state index in [1.807, 2.05) is 24.3 Å². The molecule has 5 heteroatoms. The van der Waals surface area contributed by atoms with Crippen molar-refractivity contribution in [2.75, 3.05) is 20.6 Å². The third-order valence-electron chi connectivity index (χ3n) is 4.55. The van der Waals surface area contributed by atoms with Crippen LogP contribution in [0.3, 0.4) is 0 Å². The number of hydrogen-bond acceptors (Lipinski definition) is 4. The first-order valence-corrected chi connectivity index (χ1v) is 7.68. The monoisotopic (exact) mass is 299 g/mol. The highest BCUT2D eigenvalue weighted by molar-refractivity contribution is 5.80. The van der Waals surface area contributed by atoms with Crippen LogP contribution in [0.5, 0.6) is 0 Å². The van der Waals surface area contributed by atoms with Crippen LogP contribution in [0.1, 0.15) is 24.0 Å². The summed E-state index contributed by atoms with van der Waals surface area (Å²) in [4.78, 5) is 16.1. The third kappa shape index (κ3) is 2.85. The Hall–Kier alpha value is -1.90. The molecule has 0 unspecified atom stereocenters. The molecule has 0 aromatic heterocycles. The maximum Gasteiger partial charge on any atom is 0.251 e. The first kappa shape index (κ1) is 15.0. The highest BCUT2D eigenvalue weighted by atomic mass is 16.5. The summed E-state index contributed by atoms with van der Waals surface area (Å²) in [6.07, 6.45) is 1.59. The molecule has 1 aromatic rings. The molecule has 1 amide bonds. The van der Waals surface area contributed by atoms with Gasteiger partial charge in [-0.05, 0) is 24.1 Å². The van der Waals surface area contributed by atoms with Crippen LogP contribution in [-0.2, 0) is 16.1 Å². The number of fused-ring (bicyclic) bond motifs is 1. The minimum Gasteiger partial charge on any atom is -0.363 e. The van der Waals surface area contributed by atoms with Crippen molar-refractivity contribution in [3.63, 3.8) is 0 Å². The Labute approximate surface area is 131 Å². The number of carbonyl (C=O) groups is 1. The molecular weight excluding hydrogens is 278 g/mol. The SMILES string of the molecule is CN(C)C(=O)[C@@H]1C[C@@H]2[C@@H](CCN2Cc2cccc(C#N)c2)O1. The van der Waals surface area contributed by atoms with E-state index in [4.69, 9.17) is 10.00 Å². The topological polar surface area (TPSA) is 56.6 Å². The summed E-state index contributed by atoms with van der Waals surface area (Å²) in [5, 5.41) is 9.00. The second-order valence-corrected chi connectivity index (χ2v) is 6.27. The van der Waals surface area contributed by atoms with Gasteiger partial charge in [0, 0.05) is 39.6 Å². The van der Waals surface area contributed by atoms with Gasteiger partial charge >= 0.3 is 0 Å². The Kier molecular flexibility index (Phi) is 4.14. The molecule has 1 aromatic carbocycles. The van der Waals surface area contributed by atoms with Crippen molar-refractivity contribution in [3.05, 3.63) is 35.4 Å². The second-order valence-electron chi connectivity index (χ2n) is 6.27. The van der Waals surface area contributed by atoms with Gasteiger partial charge in [0.05, 0.1) is 17.7 Å². The zero-order valence-corrected chi connectivity index (χ0v) is 13.0. The predicted molar refractivity (Wildman–Crippen MR) is 81.9 cm³/mol. The van der Waals surface area contributed by atoms with Crippen molar-refractivity contribution in [1.82, 2.24) is 9.80 Å². The van der Waals surface area contributed by atoms with Crippen LogP contribution in [-0.4, -0.2) is 54.6 Å². The summed E-state index contributed by atoms with van der Waals surface area (Å²) >= 11 is 0. The van der Waals surface area contributed by atoms with Gasteiger partial charge in [0.15, 0.2) is 0 Å². The Bertz CT molecular complexity index is 608. The Morgan fingerprint density at radius 1 is 1.50 bits per heavy atom. The van der Waals surface area contributed by atoms with Crippen molar-refractivity contribution in [2.45, 2.75) is 37.6 Å². The van der Waals surface area contributed by atoms with Gasteiger partial charge in [0.25, 0.3) is 5.91 Å². The number of carbonyl (C=O) groups excluding carboxylic acids is 1. The number of amides is 1. The molecule has 0 saturated carbocycles. The van der Waals surface area contributed by atoms with Gasteiger partial charge in [-0.1, -0.05) is 12.1 Å². The molecule has 5 nitrogen and oxygen atoms in total. The number of nitriles is 1. The zero-order chi connectivity index (χ0) is 15.7. The highest BCUT2D eigenvalue weighted by Crippen LogP contribution is 2.34. The fraction of sp³-hybridized carbons (Fsp3) is 0.529. The van der Waals surface area contributed by atoms with E-state index < -0.39 is 0 Å². The number of likely N-dealkylation sites (tertiary alicyclic amines) is 1. The molecule has 116 valence electrons. The second kappa shape index (κ2) is 6.07. The van der Waals surface area contributed by atoms with Gasteiger partial charge in [0.1, 0.15) is 6.10 Å². The molecule has 3 atom stereocenters. The minimum atomic E-state index is -0.307. The number of rotatable bonds is 3. The van der Waals surface area contributed by atoms with E-state index in [9.17, 15) is 4.79 Å². The Morgan fingerprint density at radius 3 is 3.05 bits per heavy atom. The van der Waals surface area contributed by atoms with E-state index in [0.717, 1.165) is 31.5 Å². The zero-order valence-electron chi connectivity index (χ0n) is 13.0. The number of nitrogens with zero attached hydrogens (tertiary/aromatic N) is 3. The largest absolute Gasteiger partial charge is 0.363 e. The Balaban J connectivity index is 1.67. The van der Waals surface area contributed by atoms with Crippen molar-refractivity contribution < 1.29 is 9.53 Å². The number of likely N-dealkylation sites (N-methyl/N-ethyl adjacent to an activating group) is 1. The molecule has 2 aliphatic heterocycles. The summed E-state index contributed by atoms with van der Waals surface area (Å²) in [5.74, 6) is 0.0563. The van der Waals surface area contributed by atoms with Crippen LogP contribution in [0.15, 0.2) is 24.3 Å². The Morgan fingerprint density at radius 2 is 2.32 bits per heavy atom. The summed E-state index contributed by atoms with van der Waals surface area (Å²) in [6.45, 7) is 1.79. The fourth-order valence-electron chi connectivity index (χ4n) is 3.45. The highest BCUT2D eigenvalue weighted by Gasteiger charge is 2.45. The fourth-order valence-corrected chi connectivity index (χ4v) is 3.45. The summed E-state index contributed by atoms with van der Waals surface area (Å²) < 4.78 is 5.94. The molecule has 0 bridgehead atoms. The maximum atomic E-state index is 12.1. The number of benzene rings is 1. The molecule has 0 aliphatic carbocycles. The van der Waals surface area contributed by atoms with E-state index in [2.05, 4.69) is 11.0 Å². The van der Waals surface area contributed by atoms with Crippen molar-refractivity contribution in [1.29, 1.82) is 5.26 Å². The molecule has 3 rings (SSSR count).